The van der Waals surface area contributed by atoms with Gasteiger partial charge in [0.15, 0.2) is 23.2 Å². The van der Waals surface area contributed by atoms with Gasteiger partial charge in [-0.05, 0) is 50.8 Å². The van der Waals surface area contributed by atoms with E-state index in [1.165, 1.54) is 19.2 Å². The van der Waals surface area contributed by atoms with Crippen LogP contribution < -0.4 is 4.74 Å². The molecule has 160 valence electrons. The molecular formula is C22H26FN3O4. The van der Waals surface area contributed by atoms with E-state index in [0.717, 1.165) is 25.9 Å². The third-order valence-electron chi connectivity index (χ3n) is 5.94. The van der Waals surface area contributed by atoms with Crippen molar-refractivity contribution in [1.82, 2.24) is 14.8 Å². The minimum absolute atomic E-state index is 0.0560. The van der Waals surface area contributed by atoms with Gasteiger partial charge in [0, 0.05) is 37.7 Å². The maximum atomic E-state index is 13.9. The van der Waals surface area contributed by atoms with Crippen LogP contribution in [0.4, 0.5) is 4.39 Å². The van der Waals surface area contributed by atoms with Gasteiger partial charge in [-0.3, -0.25) is 9.59 Å². The molecule has 2 aliphatic rings. The number of ether oxygens (including phenoxy) is 1. The summed E-state index contributed by atoms with van der Waals surface area (Å²) in [5.74, 6) is 0.470. The molecule has 1 aromatic heterocycles. The highest BCUT2D eigenvalue weighted by atomic mass is 19.1. The van der Waals surface area contributed by atoms with E-state index >= 15 is 0 Å². The monoisotopic (exact) mass is 415 g/mol. The molecule has 4 rings (SSSR count). The first-order valence-corrected chi connectivity index (χ1v) is 10.4. The quantitative estimate of drug-likeness (QED) is 0.765. The first-order chi connectivity index (χ1) is 14.5. The molecule has 0 N–H and O–H groups in total. The van der Waals surface area contributed by atoms with E-state index in [-0.39, 0.29) is 23.5 Å². The zero-order chi connectivity index (χ0) is 21.3. The van der Waals surface area contributed by atoms with E-state index in [0.29, 0.717) is 48.8 Å². The van der Waals surface area contributed by atoms with Crippen LogP contribution in [0.5, 0.6) is 5.75 Å². The van der Waals surface area contributed by atoms with Crippen molar-refractivity contribution in [3.05, 3.63) is 46.9 Å². The molecule has 30 heavy (non-hydrogen) atoms. The molecule has 2 aromatic rings. The van der Waals surface area contributed by atoms with Crippen LogP contribution in [-0.4, -0.2) is 59.9 Å². The van der Waals surface area contributed by atoms with Gasteiger partial charge in [0.25, 0.3) is 11.8 Å². The standard InChI is InChI=1S/C22H26FN3O4/c1-14-19(22(28)25-9-3-4-10-25)24-20(30-14)15-7-11-26(12-8-15)21(27)16-5-6-18(29-2)17(23)13-16/h5-6,13,15H,3-4,7-12H2,1-2H3. The van der Waals surface area contributed by atoms with Crippen LogP contribution >= 0.6 is 0 Å². The van der Waals surface area contributed by atoms with Crippen molar-refractivity contribution in [3.8, 4) is 5.75 Å². The van der Waals surface area contributed by atoms with Crippen molar-refractivity contribution in [1.29, 1.82) is 0 Å². The SMILES string of the molecule is COc1ccc(C(=O)N2CCC(c3nc(C(=O)N4CCCC4)c(C)o3)CC2)cc1F. The van der Waals surface area contributed by atoms with Crippen LogP contribution in [0.1, 0.15) is 64.1 Å². The van der Waals surface area contributed by atoms with E-state index < -0.39 is 5.82 Å². The number of carbonyl (C=O) groups is 2. The minimum Gasteiger partial charge on any atom is -0.494 e. The summed E-state index contributed by atoms with van der Waals surface area (Å²) < 4.78 is 24.7. The van der Waals surface area contributed by atoms with Gasteiger partial charge in [0.2, 0.25) is 0 Å². The van der Waals surface area contributed by atoms with Crippen LogP contribution in [0.3, 0.4) is 0 Å². The highest BCUT2D eigenvalue weighted by molar-refractivity contribution is 5.94. The molecule has 0 radical (unpaired) electrons. The zero-order valence-electron chi connectivity index (χ0n) is 17.3. The minimum atomic E-state index is -0.552. The molecule has 0 aliphatic carbocycles. The summed E-state index contributed by atoms with van der Waals surface area (Å²) in [6.45, 7) is 4.36. The molecular weight excluding hydrogens is 389 g/mol. The fraction of sp³-hybridized carbons (Fsp3) is 0.500. The number of aromatic nitrogens is 1. The number of rotatable bonds is 4. The number of piperidine rings is 1. The lowest BCUT2D eigenvalue weighted by molar-refractivity contribution is 0.0705. The van der Waals surface area contributed by atoms with Crippen LogP contribution in [-0.2, 0) is 0 Å². The summed E-state index contributed by atoms with van der Waals surface area (Å²) in [5, 5.41) is 0. The molecule has 0 unspecified atom stereocenters. The Labute approximate surface area is 174 Å². The molecule has 0 atom stereocenters. The number of carbonyl (C=O) groups excluding carboxylic acids is 2. The Morgan fingerprint density at radius 3 is 2.40 bits per heavy atom. The van der Waals surface area contributed by atoms with Gasteiger partial charge in [-0.25, -0.2) is 9.37 Å². The largest absolute Gasteiger partial charge is 0.494 e. The van der Waals surface area contributed by atoms with Crippen LogP contribution in [0.25, 0.3) is 0 Å². The third kappa shape index (κ3) is 3.91. The predicted octanol–water partition coefficient (Wildman–Crippen LogP) is 3.39. The molecule has 2 saturated heterocycles. The van der Waals surface area contributed by atoms with Crippen molar-refractivity contribution >= 4 is 11.8 Å². The highest BCUT2D eigenvalue weighted by Crippen LogP contribution is 2.30. The molecule has 2 fully saturated rings. The second kappa shape index (κ2) is 8.45. The highest BCUT2D eigenvalue weighted by Gasteiger charge is 2.31. The molecule has 2 aliphatic heterocycles. The maximum Gasteiger partial charge on any atom is 0.276 e. The van der Waals surface area contributed by atoms with Crippen molar-refractivity contribution in [2.45, 2.75) is 38.5 Å². The van der Waals surface area contributed by atoms with Gasteiger partial charge in [-0.2, -0.15) is 0 Å². The number of benzene rings is 1. The van der Waals surface area contributed by atoms with Crippen LogP contribution in [0.2, 0.25) is 0 Å². The third-order valence-corrected chi connectivity index (χ3v) is 5.94. The van der Waals surface area contributed by atoms with Crippen molar-refractivity contribution in [3.63, 3.8) is 0 Å². The van der Waals surface area contributed by atoms with Gasteiger partial charge in [0.1, 0.15) is 5.76 Å². The van der Waals surface area contributed by atoms with E-state index in [9.17, 15) is 14.0 Å². The zero-order valence-corrected chi connectivity index (χ0v) is 17.3. The average Bonchev–Trinajstić information content (AvgIpc) is 3.43. The van der Waals surface area contributed by atoms with E-state index in [4.69, 9.17) is 9.15 Å². The van der Waals surface area contributed by atoms with E-state index in [1.807, 2.05) is 4.90 Å². The first-order valence-electron chi connectivity index (χ1n) is 10.4. The fourth-order valence-corrected chi connectivity index (χ4v) is 4.17. The Morgan fingerprint density at radius 1 is 1.10 bits per heavy atom. The molecule has 0 saturated carbocycles. The average molecular weight is 415 g/mol. The Bertz CT molecular complexity index is 944. The number of nitrogens with zero attached hydrogens (tertiary/aromatic N) is 3. The van der Waals surface area contributed by atoms with Crippen molar-refractivity contribution in [2.75, 3.05) is 33.3 Å². The second-order valence-electron chi connectivity index (χ2n) is 7.87. The number of amides is 2. The maximum absolute atomic E-state index is 13.9. The Hall–Kier alpha value is -2.90. The molecule has 8 heteroatoms. The summed E-state index contributed by atoms with van der Waals surface area (Å²) in [5.41, 5.74) is 0.705. The van der Waals surface area contributed by atoms with Crippen LogP contribution in [0.15, 0.2) is 22.6 Å². The van der Waals surface area contributed by atoms with Gasteiger partial charge < -0.3 is 19.0 Å². The van der Waals surface area contributed by atoms with Crippen molar-refractivity contribution in [2.24, 2.45) is 0 Å². The second-order valence-corrected chi connectivity index (χ2v) is 7.87. The molecule has 0 spiro atoms. The summed E-state index contributed by atoms with van der Waals surface area (Å²) in [6.07, 6.45) is 3.42. The number of hydrogen-bond donors (Lipinski definition) is 0. The van der Waals surface area contributed by atoms with Gasteiger partial charge in [-0.1, -0.05) is 0 Å². The first kappa shape index (κ1) is 20.4. The van der Waals surface area contributed by atoms with Crippen LogP contribution in [0, 0.1) is 12.7 Å². The number of hydrogen-bond acceptors (Lipinski definition) is 5. The smallest absolute Gasteiger partial charge is 0.276 e. The van der Waals surface area contributed by atoms with E-state index in [2.05, 4.69) is 4.98 Å². The lowest BCUT2D eigenvalue weighted by Crippen LogP contribution is -2.38. The molecule has 2 amide bonds. The number of oxazole rings is 1. The Balaban J connectivity index is 1.40. The molecule has 1 aromatic carbocycles. The van der Waals surface area contributed by atoms with E-state index in [1.54, 1.807) is 17.9 Å². The molecule has 7 nitrogen and oxygen atoms in total. The van der Waals surface area contributed by atoms with Crippen molar-refractivity contribution < 1.29 is 23.1 Å². The van der Waals surface area contributed by atoms with Gasteiger partial charge >= 0.3 is 0 Å². The lowest BCUT2D eigenvalue weighted by Gasteiger charge is -2.30. The number of methoxy groups -OCH3 is 1. The lowest BCUT2D eigenvalue weighted by atomic mass is 9.96. The summed E-state index contributed by atoms with van der Waals surface area (Å²) in [7, 11) is 1.39. The van der Waals surface area contributed by atoms with Gasteiger partial charge in [-0.15, -0.1) is 0 Å². The normalized spacial score (nSPS) is 17.4. The summed E-state index contributed by atoms with van der Waals surface area (Å²) >= 11 is 0. The Kier molecular flexibility index (Phi) is 5.74. The number of halogens is 1. The number of likely N-dealkylation sites (tertiary alicyclic amines) is 2. The molecule has 3 heterocycles. The fourth-order valence-electron chi connectivity index (χ4n) is 4.17. The topological polar surface area (TPSA) is 75.9 Å². The predicted molar refractivity (Wildman–Crippen MR) is 107 cm³/mol. The Morgan fingerprint density at radius 2 is 1.77 bits per heavy atom. The summed E-state index contributed by atoms with van der Waals surface area (Å²) in [6, 6.07) is 4.24. The molecule has 0 bridgehead atoms. The van der Waals surface area contributed by atoms with Gasteiger partial charge in [0.05, 0.1) is 7.11 Å². The summed E-state index contributed by atoms with van der Waals surface area (Å²) in [4.78, 5) is 33.4. The number of aryl methyl sites for hydroxylation is 1.